The topological polar surface area (TPSA) is 55.2 Å². The van der Waals surface area contributed by atoms with Gasteiger partial charge in [-0.15, -0.1) is 0 Å². The summed E-state index contributed by atoms with van der Waals surface area (Å²) in [6.45, 7) is 0.382. The fourth-order valence-electron chi connectivity index (χ4n) is 3.15. The largest absolute Gasteiger partial charge is 0.343 e. The fourth-order valence-corrected chi connectivity index (χ4v) is 3.15. The smallest absolute Gasteiger partial charge is 0.261 e. The van der Waals surface area contributed by atoms with E-state index >= 15 is 0 Å². The van der Waals surface area contributed by atoms with Crippen molar-refractivity contribution in [2.75, 3.05) is 7.05 Å². The first kappa shape index (κ1) is 14.8. The summed E-state index contributed by atoms with van der Waals surface area (Å²) in [5.74, 6) is 0.104. The van der Waals surface area contributed by atoms with Gasteiger partial charge in [-0.25, -0.2) is 4.98 Å². The van der Waals surface area contributed by atoms with Crippen LogP contribution in [0.4, 0.5) is 0 Å². The van der Waals surface area contributed by atoms with Crippen molar-refractivity contribution in [2.24, 2.45) is 0 Å². The molecule has 1 aromatic heterocycles. The summed E-state index contributed by atoms with van der Waals surface area (Å²) < 4.78 is 1.53. The van der Waals surface area contributed by atoms with E-state index in [1.807, 2.05) is 30.1 Å². The lowest BCUT2D eigenvalue weighted by atomic mass is 10.2. The van der Waals surface area contributed by atoms with Crippen LogP contribution in [0.25, 0.3) is 10.9 Å². The Morgan fingerprint density at radius 3 is 2.82 bits per heavy atom. The lowest BCUT2D eigenvalue weighted by Crippen LogP contribution is -2.36. The number of hydrogen-bond donors (Lipinski definition) is 0. The van der Waals surface area contributed by atoms with Gasteiger partial charge in [0.1, 0.15) is 0 Å². The van der Waals surface area contributed by atoms with Crippen molar-refractivity contribution >= 4 is 16.8 Å². The fraction of sp³-hybridized carbons (Fsp3) is 0.471. The van der Waals surface area contributed by atoms with E-state index in [1.165, 1.54) is 23.7 Å². The van der Waals surface area contributed by atoms with Crippen LogP contribution in [0.1, 0.15) is 32.1 Å². The quantitative estimate of drug-likeness (QED) is 0.869. The normalized spacial score (nSPS) is 15.3. The van der Waals surface area contributed by atoms with Gasteiger partial charge in [0.25, 0.3) is 5.56 Å². The van der Waals surface area contributed by atoms with E-state index in [9.17, 15) is 9.59 Å². The van der Waals surface area contributed by atoms with Crippen LogP contribution in [0.15, 0.2) is 35.4 Å². The van der Waals surface area contributed by atoms with Gasteiger partial charge in [-0.3, -0.25) is 14.2 Å². The summed E-state index contributed by atoms with van der Waals surface area (Å²) >= 11 is 0. The summed E-state index contributed by atoms with van der Waals surface area (Å²) in [5.41, 5.74) is 0.611. The summed E-state index contributed by atoms with van der Waals surface area (Å²) in [7, 11) is 1.87. The lowest BCUT2D eigenvalue weighted by Gasteiger charge is -2.24. The number of nitrogens with zero attached hydrogens (tertiary/aromatic N) is 3. The maximum absolute atomic E-state index is 12.4. The van der Waals surface area contributed by atoms with Gasteiger partial charge < -0.3 is 4.90 Å². The Morgan fingerprint density at radius 1 is 1.32 bits per heavy atom. The number of aryl methyl sites for hydroxylation is 1. The van der Waals surface area contributed by atoms with E-state index in [4.69, 9.17) is 0 Å². The summed E-state index contributed by atoms with van der Waals surface area (Å²) in [6.07, 6.45) is 6.48. The van der Waals surface area contributed by atoms with Crippen molar-refractivity contribution in [3.8, 4) is 0 Å². The number of benzene rings is 1. The molecule has 0 atom stereocenters. The second-order valence-corrected chi connectivity index (χ2v) is 5.95. The molecule has 1 aliphatic carbocycles. The summed E-state index contributed by atoms with van der Waals surface area (Å²) in [4.78, 5) is 30.8. The number of aromatic nitrogens is 2. The zero-order valence-electron chi connectivity index (χ0n) is 12.9. The van der Waals surface area contributed by atoms with Crippen molar-refractivity contribution in [1.29, 1.82) is 0 Å². The molecule has 1 heterocycles. The van der Waals surface area contributed by atoms with E-state index in [1.54, 1.807) is 6.07 Å². The molecule has 0 saturated heterocycles. The minimum absolute atomic E-state index is 0.0816. The zero-order valence-corrected chi connectivity index (χ0v) is 12.9. The van der Waals surface area contributed by atoms with Crippen molar-refractivity contribution in [2.45, 2.75) is 44.7 Å². The minimum Gasteiger partial charge on any atom is -0.343 e. The first-order valence-corrected chi connectivity index (χ1v) is 7.86. The number of hydrogen-bond acceptors (Lipinski definition) is 3. The van der Waals surface area contributed by atoms with Crippen LogP contribution < -0.4 is 5.56 Å². The highest BCUT2D eigenvalue weighted by Gasteiger charge is 2.23. The molecule has 0 spiro atoms. The molecular formula is C17H21N3O2. The Balaban J connectivity index is 1.70. The van der Waals surface area contributed by atoms with Gasteiger partial charge in [-0.05, 0) is 25.0 Å². The highest BCUT2D eigenvalue weighted by atomic mass is 16.2. The molecule has 1 fully saturated rings. The van der Waals surface area contributed by atoms with Crippen LogP contribution in [-0.2, 0) is 11.3 Å². The second-order valence-electron chi connectivity index (χ2n) is 5.95. The van der Waals surface area contributed by atoms with Crippen LogP contribution in [-0.4, -0.2) is 33.4 Å². The van der Waals surface area contributed by atoms with Gasteiger partial charge >= 0.3 is 0 Å². The molecule has 1 amide bonds. The third-order valence-electron chi connectivity index (χ3n) is 4.56. The average molecular weight is 299 g/mol. The van der Waals surface area contributed by atoms with Gasteiger partial charge in [0.05, 0.1) is 17.2 Å². The molecule has 5 nitrogen and oxygen atoms in total. The number of carbonyl (C=O) groups excluding carboxylic acids is 1. The average Bonchev–Trinajstić information content (AvgIpc) is 3.08. The highest BCUT2D eigenvalue weighted by Crippen LogP contribution is 2.22. The van der Waals surface area contributed by atoms with Crippen LogP contribution in [0.3, 0.4) is 0 Å². The van der Waals surface area contributed by atoms with Gasteiger partial charge in [-0.2, -0.15) is 0 Å². The Labute approximate surface area is 129 Å². The van der Waals surface area contributed by atoms with Crippen LogP contribution in [0, 0.1) is 0 Å². The number of amides is 1. The molecule has 1 aliphatic rings. The van der Waals surface area contributed by atoms with Crippen molar-refractivity contribution in [3.63, 3.8) is 0 Å². The second kappa shape index (κ2) is 6.30. The van der Waals surface area contributed by atoms with Crippen molar-refractivity contribution in [3.05, 3.63) is 40.9 Å². The third kappa shape index (κ3) is 2.89. The highest BCUT2D eigenvalue weighted by molar-refractivity contribution is 5.77. The van der Waals surface area contributed by atoms with Gasteiger partial charge in [0.2, 0.25) is 5.91 Å². The van der Waals surface area contributed by atoms with Gasteiger partial charge in [0, 0.05) is 26.1 Å². The molecule has 0 radical (unpaired) electrons. The SMILES string of the molecule is CN(C(=O)CCn1cnc2ccccc2c1=O)C1CCCC1. The van der Waals surface area contributed by atoms with Crippen LogP contribution >= 0.6 is 0 Å². The number of rotatable bonds is 4. The molecule has 3 rings (SSSR count). The minimum atomic E-state index is -0.0816. The molecule has 0 aliphatic heterocycles. The maximum Gasteiger partial charge on any atom is 0.261 e. The lowest BCUT2D eigenvalue weighted by molar-refractivity contribution is -0.132. The van der Waals surface area contributed by atoms with Crippen LogP contribution in [0.5, 0.6) is 0 Å². The number of fused-ring (bicyclic) bond motifs is 1. The predicted octanol–water partition coefficient (Wildman–Crippen LogP) is 2.19. The Hall–Kier alpha value is -2.17. The van der Waals surface area contributed by atoms with Gasteiger partial charge in [0.15, 0.2) is 0 Å². The summed E-state index contributed by atoms with van der Waals surface area (Å²) in [6, 6.07) is 7.65. The monoisotopic (exact) mass is 299 g/mol. The Morgan fingerprint density at radius 2 is 2.05 bits per heavy atom. The first-order valence-electron chi connectivity index (χ1n) is 7.86. The van der Waals surface area contributed by atoms with E-state index in [2.05, 4.69) is 4.98 Å². The van der Waals surface area contributed by atoms with Crippen molar-refractivity contribution in [1.82, 2.24) is 14.5 Å². The molecule has 0 N–H and O–H groups in total. The zero-order chi connectivity index (χ0) is 15.5. The molecular weight excluding hydrogens is 278 g/mol. The van der Waals surface area contributed by atoms with E-state index in [0.717, 1.165) is 12.8 Å². The molecule has 0 unspecified atom stereocenters. The molecule has 116 valence electrons. The van der Waals surface area contributed by atoms with Crippen molar-refractivity contribution < 1.29 is 4.79 Å². The Bertz CT molecular complexity index is 732. The van der Waals surface area contributed by atoms with E-state index < -0.39 is 0 Å². The maximum atomic E-state index is 12.4. The summed E-state index contributed by atoms with van der Waals surface area (Å²) in [5, 5.41) is 0.599. The molecule has 1 saturated carbocycles. The Kier molecular flexibility index (Phi) is 4.22. The van der Waals surface area contributed by atoms with E-state index in [0.29, 0.717) is 29.9 Å². The molecule has 1 aromatic carbocycles. The number of para-hydroxylation sites is 1. The molecule has 0 bridgehead atoms. The van der Waals surface area contributed by atoms with E-state index in [-0.39, 0.29) is 11.5 Å². The standard InChI is InChI=1S/C17H21N3O2/c1-19(13-6-2-3-7-13)16(21)10-11-20-12-18-15-9-5-4-8-14(15)17(20)22/h4-5,8-9,12-13H,2-3,6-7,10-11H2,1H3. The van der Waals surface area contributed by atoms with Crippen LogP contribution in [0.2, 0.25) is 0 Å². The third-order valence-corrected chi connectivity index (χ3v) is 4.56. The number of carbonyl (C=O) groups is 1. The predicted molar refractivity (Wildman–Crippen MR) is 85.6 cm³/mol. The first-order chi connectivity index (χ1) is 10.7. The molecule has 5 heteroatoms. The molecule has 2 aromatic rings. The molecule has 22 heavy (non-hydrogen) atoms. The van der Waals surface area contributed by atoms with Gasteiger partial charge in [-0.1, -0.05) is 25.0 Å².